The lowest BCUT2D eigenvalue weighted by molar-refractivity contribution is -0.192. The molecule has 0 saturated carbocycles. The molecule has 3 aromatic rings. The first kappa shape index (κ1) is 28.2. The van der Waals surface area contributed by atoms with Gasteiger partial charge in [0.25, 0.3) is 5.91 Å². The van der Waals surface area contributed by atoms with Crippen molar-refractivity contribution < 1.29 is 32.6 Å². The maximum absolute atomic E-state index is 12.6. The first-order valence-electron chi connectivity index (χ1n) is 11.7. The molecular formula is C28H26F3N3O4. The van der Waals surface area contributed by atoms with E-state index in [2.05, 4.69) is 22.4 Å². The van der Waals surface area contributed by atoms with Crippen molar-refractivity contribution in [2.75, 3.05) is 25.5 Å². The van der Waals surface area contributed by atoms with E-state index in [-0.39, 0.29) is 5.91 Å². The van der Waals surface area contributed by atoms with Crippen molar-refractivity contribution in [3.8, 4) is 22.9 Å². The van der Waals surface area contributed by atoms with Crippen LogP contribution in [0.15, 0.2) is 66.7 Å². The minimum Gasteiger partial charge on any atom is -0.496 e. The molecule has 0 unspecified atom stereocenters. The minimum atomic E-state index is -5.08. The van der Waals surface area contributed by atoms with Crippen LogP contribution in [0, 0.1) is 11.3 Å². The van der Waals surface area contributed by atoms with Gasteiger partial charge in [0.15, 0.2) is 0 Å². The highest BCUT2D eigenvalue weighted by Crippen LogP contribution is 2.30. The van der Waals surface area contributed by atoms with Crippen LogP contribution in [0.4, 0.5) is 18.9 Å². The number of hydrogen-bond acceptors (Lipinski definition) is 5. The highest BCUT2D eigenvalue weighted by atomic mass is 19.4. The van der Waals surface area contributed by atoms with Crippen molar-refractivity contribution in [1.29, 1.82) is 5.26 Å². The van der Waals surface area contributed by atoms with Crippen molar-refractivity contribution in [3.05, 3.63) is 83.4 Å². The number of anilines is 1. The quantitative estimate of drug-likeness (QED) is 0.427. The molecule has 1 aliphatic rings. The third kappa shape index (κ3) is 7.82. The topological polar surface area (TPSA) is 103 Å². The average Bonchev–Trinajstić information content (AvgIpc) is 3.42. The molecule has 1 fully saturated rings. The van der Waals surface area contributed by atoms with E-state index < -0.39 is 12.1 Å². The van der Waals surface area contributed by atoms with E-state index in [1.807, 2.05) is 36.4 Å². The Balaban J connectivity index is 0.000000505. The molecule has 7 nitrogen and oxygen atoms in total. The van der Waals surface area contributed by atoms with Crippen LogP contribution in [0.5, 0.6) is 5.75 Å². The molecule has 3 aromatic carbocycles. The van der Waals surface area contributed by atoms with Gasteiger partial charge in [-0.3, -0.25) is 9.69 Å². The van der Waals surface area contributed by atoms with Gasteiger partial charge in [0.2, 0.25) is 0 Å². The predicted octanol–water partition coefficient (Wildman–Crippen LogP) is 5.72. The Labute approximate surface area is 218 Å². The number of nitrogens with zero attached hydrogens (tertiary/aromatic N) is 2. The highest BCUT2D eigenvalue weighted by molar-refractivity contribution is 6.04. The fourth-order valence-electron chi connectivity index (χ4n) is 3.94. The molecule has 10 heteroatoms. The molecule has 1 heterocycles. The standard InChI is InChI=1S/C26H25N3O2.C2HF3O2/c1-31-25-12-11-22(15-23(25)18-29-13-2-3-14-29)21-5-4-6-24(16-21)28-26(30)20-9-7-19(17-27)8-10-20;3-2(4,5)1(6)7/h4-12,15-16H,2-3,13-14,18H2,1H3,(H,28,30);(H,6,7). The average molecular weight is 526 g/mol. The number of halogens is 3. The van der Waals surface area contributed by atoms with Crippen LogP contribution in [-0.2, 0) is 11.3 Å². The Morgan fingerprint density at radius 1 is 1.03 bits per heavy atom. The maximum Gasteiger partial charge on any atom is 0.490 e. The number of amides is 1. The van der Waals surface area contributed by atoms with Crippen LogP contribution < -0.4 is 10.1 Å². The van der Waals surface area contributed by atoms with Crippen molar-refractivity contribution in [3.63, 3.8) is 0 Å². The second-order valence-electron chi connectivity index (χ2n) is 8.54. The van der Waals surface area contributed by atoms with Gasteiger partial charge in [-0.1, -0.05) is 18.2 Å². The third-order valence-electron chi connectivity index (χ3n) is 5.85. The lowest BCUT2D eigenvalue weighted by atomic mass is 10.0. The molecule has 0 spiro atoms. The van der Waals surface area contributed by atoms with E-state index in [1.54, 1.807) is 31.4 Å². The number of carbonyl (C=O) groups is 2. The molecule has 0 radical (unpaired) electrons. The van der Waals surface area contributed by atoms with Gasteiger partial charge in [-0.25, -0.2) is 4.79 Å². The normalized spacial score (nSPS) is 13.1. The fraction of sp³-hybridized carbons (Fsp3) is 0.250. The Hall–Kier alpha value is -4.36. The first-order chi connectivity index (χ1) is 18.1. The van der Waals surface area contributed by atoms with E-state index >= 15 is 0 Å². The molecule has 0 aromatic heterocycles. The van der Waals surface area contributed by atoms with E-state index in [4.69, 9.17) is 19.9 Å². The van der Waals surface area contributed by atoms with Crippen molar-refractivity contribution >= 4 is 17.6 Å². The zero-order valence-electron chi connectivity index (χ0n) is 20.6. The molecular weight excluding hydrogens is 499 g/mol. The number of nitriles is 1. The summed E-state index contributed by atoms with van der Waals surface area (Å²) in [5.74, 6) is -2.06. The molecule has 4 rings (SSSR count). The van der Waals surface area contributed by atoms with Crippen molar-refractivity contribution in [2.45, 2.75) is 25.6 Å². The van der Waals surface area contributed by atoms with Gasteiger partial charge >= 0.3 is 12.1 Å². The van der Waals surface area contributed by atoms with Crippen LogP contribution in [0.1, 0.15) is 34.3 Å². The number of aliphatic carboxylic acids is 1. The van der Waals surface area contributed by atoms with Crippen molar-refractivity contribution in [1.82, 2.24) is 4.90 Å². The second-order valence-corrected chi connectivity index (χ2v) is 8.54. The molecule has 0 atom stereocenters. The lowest BCUT2D eigenvalue weighted by Crippen LogP contribution is -2.21. The summed E-state index contributed by atoms with van der Waals surface area (Å²) in [5.41, 5.74) is 5.06. The molecule has 2 N–H and O–H groups in total. The summed E-state index contributed by atoms with van der Waals surface area (Å²) in [6.07, 6.45) is -2.58. The Morgan fingerprint density at radius 3 is 2.24 bits per heavy atom. The largest absolute Gasteiger partial charge is 0.496 e. The van der Waals surface area contributed by atoms with Crippen molar-refractivity contribution in [2.24, 2.45) is 0 Å². The SMILES string of the molecule is COc1ccc(-c2cccc(NC(=O)c3ccc(C#N)cc3)c2)cc1CN1CCCC1.O=C(O)C(F)(F)F. The fourth-order valence-corrected chi connectivity index (χ4v) is 3.94. The van der Waals surface area contributed by atoms with Gasteiger partial charge in [0, 0.05) is 23.4 Å². The molecule has 198 valence electrons. The van der Waals surface area contributed by atoms with Gasteiger partial charge in [-0.2, -0.15) is 18.4 Å². The smallest absolute Gasteiger partial charge is 0.490 e. The number of ether oxygens (including phenoxy) is 1. The van der Waals surface area contributed by atoms with Gasteiger partial charge in [0.05, 0.1) is 18.7 Å². The predicted molar refractivity (Wildman–Crippen MR) is 136 cm³/mol. The number of alkyl halides is 3. The number of carboxylic acids is 1. The number of hydrogen-bond donors (Lipinski definition) is 2. The summed E-state index contributed by atoms with van der Waals surface area (Å²) in [6.45, 7) is 3.14. The van der Waals surface area contributed by atoms with E-state index in [9.17, 15) is 18.0 Å². The second kappa shape index (κ2) is 12.7. The summed E-state index contributed by atoms with van der Waals surface area (Å²) >= 11 is 0. The molecule has 1 aliphatic heterocycles. The monoisotopic (exact) mass is 525 g/mol. The zero-order chi connectivity index (χ0) is 27.7. The van der Waals surface area contributed by atoms with E-state index in [0.29, 0.717) is 11.1 Å². The number of carbonyl (C=O) groups excluding carboxylic acids is 1. The summed E-state index contributed by atoms with van der Waals surface area (Å²) in [6, 6.07) is 22.7. The summed E-state index contributed by atoms with van der Waals surface area (Å²) < 4.78 is 37.3. The van der Waals surface area contributed by atoms with Crippen LogP contribution in [0.3, 0.4) is 0 Å². The Morgan fingerprint density at radius 2 is 1.66 bits per heavy atom. The summed E-state index contributed by atoms with van der Waals surface area (Å²) in [5, 5.41) is 19.0. The van der Waals surface area contributed by atoms with Gasteiger partial charge in [0.1, 0.15) is 5.75 Å². The van der Waals surface area contributed by atoms with Crippen LogP contribution in [0.25, 0.3) is 11.1 Å². The van der Waals surface area contributed by atoms with Gasteiger partial charge in [-0.05, 0) is 85.6 Å². The Bertz CT molecular complexity index is 1310. The maximum atomic E-state index is 12.6. The number of methoxy groups -OCH3 is 1. The number of rotatable bonds is 6. The number of benzene rings is 3. The van der Waals surface area contributed by atoms with Crippen LogP contribution in [0.2, 0.25) is 0 Å². The molecule has 0 aliphatic carbocycles. The highest BCUT2D eigenvalue weighted by Gasteiger charge is 2.38. The van der Waals surface area contributed by atoms with Crippen LogP contribution in [-0.4, -0.2) is 48.3 Å². The summed E-state index contributed by atoms with van der Waals surface area (Å²) in [4.78, 5) is 23.9. The minimum absolute atomic E-state index is 0.203. The van der Waals surface area contributed by atoms with E-state index in [1.165, 1.54) is 18.4 Å². The first-order valence-corrected chi connectivity index (χ1v) is 11.7. The molecule has 1 saturated heterocycles. The van der Waals surface area contributed by atoms with E-state index in [0.717, 1.165) is 42.2 Å². The lowest BCUT2D eigenvalue weighted by Gasteiger charge is -2.18. The molecule has 1 amide bonds. The number of likely N-dealkylation sites (tertiary alicyclic amines) is 1. The zero-order valence-corrected chi connectivity index (χ0v) is 20.6. The summed E-state index contributed by atoms with van der Waals surface area (Å²) in [7, 11) is 1.71. The molecule has 0 bridgehead atoms. The number of carboxylic acid groups (broad SMARTS) is 1. The molecule has 38 heavy (non-hydrogen) atoms. The van der Waals surface area contributed by atoms with Crippen LogP contribution >= 0.6 is 0 Å². The van der Waals surface area contributed by atoms with Gasteiger partial charge < -0.3 is 15.2 Å². The third-order valence-corrected chi connectivity index (χ3v) is 5.85. The van der Waals surface area contributed by atoms with Gasteiger partial charge in [-0.15, -0.1) is 0 Å². The Kier molecular flexibility index (Phi) is 9.46. The number of nitrogens with one attached hydrogen (secondary N) is 1.